The number of pyridine rings is 2. The third kappa shape index (κ3) is 1.51. The van der Waals surface area contributed by atoms with Crippen LogP contribution in [0.3, 0.4) is 0 Å². The van der Waals surface area contributed by atoms with E-state index in [0.717, 1.165) is 0 Å². The smallest absolute Gasteiger partial charge is 0.256 e. The third-order valence-electron chi connectivity index (χ3n) is 3.82. The maximum absolute atomic E-state index is 12.4. The Morgan fingerprint density at radius 3 is 2.73 bits per heavy atom. The van der Waals surface area contributed by atoms with E-state index in [1.807, 2.05) is 0 Å². The summed E-state index contributed by atoms with van der Waals surface area (Å²) in [5.74, 6) is -0.0305. The summed E-state index contributed by atoms with van der Waals surface area (Å²) in [4.78, 5) is 27.3. The highest BCUT2D eigenvalue weighted by molar-refractivity contribution is 7.84. The third-order valence-corrected chi connectivity index (χ3v) is 4.76. The maximum Gasteiger partial charge on any atom is 0.256 e. The molecular formula is C15H10N2O4S. The van der Waals surface area contributed by atoms with Crippen molar-refractivity contribution in [2.24, 2.45) is 0 Å². The fourth-order valence-electron chi connectivity index (χ4n) is 2.94. The molecule has 0 saturated carbocycles. The van der Waals surface area contributed by atoms with E-state index in [2.05, 4.69) is 4.98 Å². The van der Waals surface area contributed by atoms with Crippen molar-refractivity contribution in [2.45, 2.75) is 4.90 Å². The first kappa shape index (κ1) is 13.0. The second-order valence-electron chi connectivity index (χ2n) is 5.09. The van der Waals surface area contributed by atoms with Crippen LogP contribution < -0.4 is 11.0 Å². The number of aromatic nitrogens is 2. The minimum atomic E-state index is -1.37. The Balaban J connectivity index is 2.49. The van der Waals surface area contributed by atoms with Crippen molar-refractivity contribution in [1.29, 1.82) is 0 Å². The SMILES string of the molecule is CS(=O)c1cc(=O)n2c3cc(=O)ccc3c3c(O)c[nH]c1c32. The highest BCUT2D eigenvalue weighted by Crippen LogP contribution is 2.36. The topological polar surface area (TPSA) is 91.6 Å². The Kier molecular flexibility index (Phi) is 2.47. The summed E-state index contributed by atoms with van der Waals surface area (Å²) in [5, 5.41) is 11.2. The van der Waals surface area contributed by atoms with Gasteiger partial charge in [0.25, 0.3) is 5.56 Å². The first-order valence-corrected chi connectivity index (χ1v) is 8.03. The minimum absolute atomic E-state index is 0.0305. The van der Waals surface area contributed by atoms with Crippen LogP contribution in [0.15, 0.2) is 44.9 Å². The largest absolute Gasteiger partial charge is 0.506 e. The van der Waals surface area contributed by atoms with Crippen molar-refractivity contribution < 1.29 is 9.32 Å². The Morgan fingerprint density at radius 2 is 2.00 bits per heavy atom. The number of aromatic hydroxyl groups is 1. The van der Waals surface area contributed by atoms with Gasteiger partial charge < -0.3 is 10.1 Å². The van der Waals surface area contributed by atoms with E-state index in [-0.39, 0.29) is 16.7 Å². The standard InChI is InChI=1S/C15H10N2O4S/c1-22(21)11-5-12(20)17-9-4-7(18)2-3-8(9)13-10(19)6-16-14(11)15(13)17/h2-6,16,19H,1H3. The normalized spacial score (nSPS) is 13.3. The van der Waals surface area contributed by atoms with Gasteiger partial charge >= 0.3 is 0 Å². The second kappa shape index (κ2) is 4.17. The lowest BCUT2D eigenvalue weighted by Crippen LogP contribution is -2.14. The lowest BCUT2D eigenvalue weighted by Gasteiger charge is -2.06. The molecule has 3 heterocycles. The van der Waals surface area contributed by atoms with Crippen LogP contribution in [0, 0.1) is 0 Å². The van der Waals surface area contributed by atoms with Gasteiger partial charge in [-0.05, 0) is 12.1 Å². The maximum atomic E-state index is 12.4. The number of nitrogens with one attached hydrogen (secondary N) is 1. The number of benzene rings is 1. The number of hydrogen-bond donors (Lipinski definition) is 2. The molecule has 4 aromatic rings. The molecule has 0 aliphatic carbocycles. The van der Waals surface area contributed by atoms with E-state index >= 15 is 0 Å². The van der Waals surface area contributed by atoms with E-state index in [4.69, 9.17) is 0 Å². The van der Waals surface area contributed by atoms with Gasteiger partial charge in [-0.15, -0.1) is 0 Å². The fraction of sp³-hybridized carbons (Fsp3) is 0.0667. The summed E-state index contributed by atoms with van der Waals surface area (Å²) >= 11 is 0. The van der Waals surface area contributed by atoms with Crippen LogP contribution in [-0.4, -0.2) is 25.0 Å². The summed E-state index contributed by atoms with van der Waals surface area (Å²) in [5.41, 5.74) is 0.775. The molecule has 0 aliphatic heterocycles. The molecule has 2 N–H and O–H groups in total. The highest BCUT2D eigenvalue weighted by Gasteiger charge is 2.20. The first-order valence-electron chi connectivity index (χ1n) is 6.47. The van der Waals surface area contributed by atoms with Crippen LogP contribution in [0.2, 0.25) is 0 Å². The van der Waals surface area contributed by atoms with Gasteiger partial charge in [-0.3, -0.25) is 18.2 Å². The second-order valence-corrected chi connectivity index (χ2v) is 6.44. The molecule has 0 bridgehead atoms. The predicted molar refractivity (Wildman–Crippen MR) is 84.5 cm³/mol. The molecule has 110 valence electrons. The number of nitrogens with zero attached hydrogens (tertiary/aromatic N) is 1. The zero-order chi connectivity index (χ0) is 15.6. The molecule has 3 aromatic heterocycles. The number of aromatic amines is 1. The van der Waals surface area contributed by atoms with Crippen LogP contribution in [0.5, 0.6) is 5.75 Å². The summed E-state index contributed by atoms with van der Waals surface area (Å²) in [7, 11) is -1.37. The number of fused-ring (bicyclic) bond motifs is 3. The average molecular weight is 314 g/mol. The summed E-state index contributed by atoms with van der Waals surface area (Å²) in [6.45, 7) is 0. The van der Waals surface area contributed by atoms with Crippen molar-refractivity contribution in [1.82, 2.24) is 9.38 Å². The number of H-pyrrole nitrogens is 1. The molecule has 1 unspecified atom stereocenters. The molecule has 0 spiro atoms. The molecule has 4 rings (SSSR count). The summed E-state index contributed by atoms with van der Waals surface area (Å²) in [6, 6.07) is 5.62. The molecule has 22 heavy (non-hydrogen) atoms. The van der Waals surface area contributed by atoms with E-state index in [9.17, 15) is 18.9 Å². The van der Waals surface area contributed by atoms with Gasteiger partial charge in [-0.25, -0.2) is 0 Å². The minimum Gasteiger partial charge on any atom is -0.506 e. The molecule has 0 fully saturated rings. The van der Waals surface area contributed by atoms with E-state index in [1.54, 1.807) is 6.07 Å². The van der Waals surface area contributed by atoms with Crippen LogP contribution in [0.25, 0.3) is 27.3 Å². The van der Waals surface area contributed by atoms with Gasteiger partial charge in [-0.2, -0.15) is 0 Å². The molecule has 7 heteroatoms. The van der Waals surface area contributed by atoms with Crippen molar-refractivity contribution in [3.05, 3.63) is 51.0 Å². The Bertz CT molecular complexity index is 1210. The van der Waals surface area contributed by atoms with Gasteiger partial charge in [0.1, 0.15) is 5.75 Å². The fourth-order valence-corrected chi connectivity index (χ4v) is 3.65. The molecule has 0 aliphatic rings. The Labute approximate surface area is 125 Å². The van der Waals surface area contributed by atoms with Gasteiger partial charge in [0.05, 0.1) is 37.6 Å². The van der Waals surface area contributed by atoms with Gasteiger partial charge in [0, 0.05) is 30.0 Å². The summed E-state index contributed by atoms with van der Waals surface area (Å²) < 4.78 is 13.3. The molecule has 1 aromatic carbocycles. The van der Waals surface area contributed by atoms with Crippen LogP contribution >= 0.6 is 0 Å². The number of rotatable bonds is 1. The van der Waals surface area contributed by atoms with Crippen LogP contribution in [-0.2, 0) is 10.8 Å². The molecular weight excluding hydrogens is 304 g/mol. The van der Waals surface area contributed by atoms with Crippen LogP contribution in [0.1, 0.15) is 0 Å². The quantitative estimate of drug-likeness (QED) is 0.552. The Hall–Kier alpha value is -2.67. The van der Waals surface area contributed by atoms with Crippen LogP contribution in [0.4, 0.5) is 0 Å². The van der Waals surface area contributed by atoms with E-state index in [0.29, 0.717) is 32.2 Å². The molecule has 6 nitrogen and oxygen atoms in total. The van der Waals surface area contributed by atoms with Crippen molar-refractivity contribution in [3.63, 3.8) is 0 Å². The molecule has 0 amide bonds. The van der Waals surface area contributed by atoms with Gasteiger partial charge in [0.2, 0.25) is 0 Å². The van der Waals surface area contributed by atoms with Gasteiger partial charge in [-0.1, -0.05) is 0 Å². The Morgan fingerprint density at radius 1 is 1.23 bits per heavy atom. The zero-order valence-electron chi connectivity index (χ0n) is 11.4. The van der Waals surface area contributed by atoms with Gasteiger partial charge in [0.15, 0.2) is 5.43 Å². The van der Waals surface area contributed by atoms with Crippen molar-refractivity contribution >= 4 is 38.1 Å². The molecule has 0 saturated heterocycles. The molecule has 0 radical (unpaired) electrons. The summed E-state index contributed by atoms with van der Waals surface area (Å²) in [6.07, 6.45) is 2.88. The molecule has 1 atom stereocenters. The average Bonchev–Trinajstić information content (AvgIpc) is 2.80. The lowest BCUT2D eigenvalue weighted by atomic mass is 10.1. The van der Waals surface area contributed by atoms with Crippen molar-refractivity contribution in [3.8, 4) is 5.75 Å². The first-order chi connectivity index (χ1) is 10.5. The lowest BCUT2D eigenvalue weighted by molar-refractivity contribution is 0.480. The van der Waals surface area contributed by atoms with E-state index < -0.39 is 10.8 Å². The zero-order valence-corrected chi connectivity index (χ0v) is 12.2. The highest BCUT2D eigenvalue weighted by atomic mass is 32.2. The number of hydrogen-bond acceptors (Lipinski definition) is 4. The van der Waals surface area contributed by atoms with E-state index in [1.165, 1.54) is 35.1 Å². The van der Waals surface area contributed by atoms with Crippen molar-refractivity contribution in [2.75, 3.05) is 6.26 Å². The monoisotopic (exact) mass is 314 g/mol. The predicted octanol–water partition coefficient (Wildman–Crippen LogP) is 1.17.